The van der Waals surface area contributed by atoms with Crippen molar-refractivity contribution in [3.05, 3.63) is 41.7 Å². The summed E-state index contributed by atoms with van der Waals surface area (Å²) >= 11 is 1.36. The van der Waals surface area contributed by atoms with E-state index in [1.54, 1.807) is 24.3 Å². The third kappa shape index (κ3) is 4.31. The Labute approximate surface area is 120 Å². The average molecular weight is 295 g/mol. The van der Waals surface area contributed by atoms with Crippen LogP contribution >= 0.6 is 11.8 Å². The van der Waals surface area contributed by atoms with Gasteiger partial charge in [-0.3, -0.25) is 5.10 Å². The molecule has 0 bridgehead atoms. The molecule has 6 nitrogen and oxygen atoms in total. The van der Waals surface area contributed by atoms with Crippen molar-refractivity contribution in [2.75, 3.05) is 5.75 Å². The number of aromatic nitrogens is 3. The van der Waals surface area contributed by atoms with Gasteiger partial charge >= 0.3 is 0 Å². The molecule has 2 aromatic rings. The van der Waals surface area contributed by atoms with Crippen LogP contribution < -0.4 is 0 Å². The summed E-state index contributed by atoms with van der Waals surface area (Å²) in [6.45, 7) is -0.0210. The van der Waals surface area contributed by atoms with E-state index in [4.69, 9.17) is 5.11 Å². The Morgan fingerprint density at radius 1 is 1.20 bits per heavy atom. The summed E-state index contributed by atoms with van der Waals surface area (Å²) in [5.74, 6) is 0.432. The van der Waals surface area contributed by atoms with Gasteiger partial charge in [-0.2, -0.15) is 5.10 Å². The van der Waals surface area contributed by atoms with Crippen LogP contribution in [-0.4, -0.2) is 42.4 Å². The second-order valence-electron chi connectivity index (χ2n) is 4.41. The minimum Gasteiger partial charge on any atom is -0.392 e. The molecule has 0 aliphatic carbocycles. The minimum atomic E-state index is -0.729. The Hall–Kier alpha value is -1.41. The Kier molecular flexibility index (Phi) is 5.54. The number of nitrogens with one attached hydrogen (secondary N) is 1. The van der Waals surface area contributed by atoms with E-state index in [2.05, 4.69) is 15.2 Å². The summed E-state index contributed by atoms with van der Waals surface area (Å²) in [4.78, 5) is 3.94. The van der Waals surface area contributed by atoms with Crippen molar-refractivity contribution >= 4 is 11.8 Å². The van der Waals surface area contributed by atoms with Crippen molar-refractivity contribution in [2.45, 2.75) is 30.4 Å². The molecule has 0 amide bonds. The Morgan fingerprint density at radius 3 is 2.55 bits per heavy atom. The first-order valence-electron chi connectivity index (χ1n) is 6.23. The molecule has 4 N–H and O–H groups in total. The zero-order valence-corrected chi connectivity index (χ0v) is 11.6. The Bertz CT molecular complexity index is 504. The van der Waals surface area contributed by atoms with Crippen LogP contribution in [0.1, 0.15) is 23.7 Å². The molecule has 0 unspecified atom stereocenters. The Morgan fingerprint density at radius 2 is 1.95 bits per heavy atom. The van der Waals surface area contributed by atoms with Gasteiger partial charge in [0.05, 0.1) is 18.8 Å². The van der Waals surface area contributed by atoms with Crippen molar-refractivity contribution in [1.29, 1.82) is 0 Å². The van der Waals surface area contributed by atoms with E-state index in [1.165, 1.54) is 18.1 Å². The second kappa shape index (κ2) is 7.39. The molecule has 2 rings (SSSR count). The molecule has 20 heavy (non-hydrogen) atoms. The predicted molar refractivity (Wildman–Crippen MR) is 75.1 cm³/mol. The van der Waals surface area contributed by atoms with E-state index in [0.29, 0.717) is 10.9 Å². The first-order valence-corrected chi connectivity index (χ1v) is 7.21. The van der Waals surface area contributed by atoms with Gasteiger partial charge in [-0.25, -0.2) is 4.98 Å². The van der Waals surface area contributed by atoms with Crippen LogP contribution in [0.25, 0.3) is 0 Å². The molecule has 0 saturated heterocycles. The predicted octanol–water partition coefficient (Wildman–Crippen LogP) is 0.874. The lowest BCUT2D eigenvalue weighted by Crippen LogP contribution is -2.15. The highest BCUT2D eigenvalue weighted by Crippen LogP contribution is 2.22. The SMILES string of the molecule is OCc1ccc([C@H](O)C[C@H](O)CSc2ncn[nH]2)cc1. The summed E-state index contributed by atoms with van der Waals surface area (Å²) in [7, 11) is 0. The fourth-order valence-corrected chi connectivity index (χ4v) is 2.47. The van der Waals surface area contributed by atoms with Gasteiger partial charge < -0.3 is 15.3 Å². The zero-order chi connectivity index (χ0) is 14.4. The number of benzene rings is 1. The highest BCUT2D eigenvalue weighted by atomic mass is 32.2. The van der Waals surface area contributed by atoms with Crippen LogP contribution in [-0.2, 0) is 6.61 Å². The molecule has 108 valence electrons. The monoisotopic (exact) mass is 295 g/mol. The normalized spacial score (nSPS) is 14.2. The van der Waals surface area contributed by atoms with Gasteiger partial charge in [-0.15, -0.1) is 0 Å². The molecule has 1 heterocycles. The first kappa shape index (κ1) is 15.0. The van der Waals surface area contributed by atoms with Crippen LogP contribution in [0.15, 0.2) is 35.7 Å². The topological polar surface area (TPSA) is 102 Å². The van der Waals surface area contributed by atoms with E-state index in [1.807, 2.05) is 0 Å². The second-order valence-corrected chi connectivity index (χ2v) is 5.42. The van der Waals surface area contributed by atoms with Crippen molar-refractivity contribution in [2.24, 2.45) is 0 Å². The molecule has 2 atom stereocenters. The summed E-state index contributed by atoms with van der Waals surface area (Å²) in [5.41, 5.74) is 1.52. The number of rotatable bonds is 7. The molecule has 0 aliphatic heterocycles. The van der Waals surface area contributed by atoms with E-state index >= 15 is 0 Å². The van der Waals surface area contributed by atoms with E-state index < -0.39 is 12.2 Å². The summed E-state index contributed by atoms with van der Waals surface area (Å²) in [5, 5.41) is 36.0. The van der Waals surface area contributed by atoms with Crippen LogP contribution in [0.4, 0.5) is 0 Å². The zero-order valence-electron chi connectivity index (χ0n) is 10.8. The van der Waals surface area contributed by atoms with Gasteiger partial charge in [-0.1, -0.05) is 36.0 Å². The maximum absolute atomic E-state index is 10.0. The maximum atomic E-state index is 10.0. The van der Waals surface area contributed by atoms with Crippen molar-refractivity contribution in [1.82, 2.24) is 15.2 Å². The molecule has 1 aromatic heterocycles. The van der Waals surface area contributed by atoms with Crippen LogP contribution in [0, 0.1) is 0 Å². The number of nitrogens with zero attached hydrogens (tertiary/aromatic N) is 2. The molecule has 0 spiro atoms. The average Bonchev–Trinajstić information content (AvgIpc) is 2.98. The molecule has 0 aliphatic rings. The molecular weight excluding hydrogens is 278 g/mol. The highest BCUT2D eigenvalue weighted by Gasteiger charge is 2.14. The summed E-state index contributed by atoms with van der Waals surface area (Å²) < 4.78 is 0. The fraction of sp³-hybridized carbons (Fsp3) is 0.385. The fourth-order valence-electron chi connectivity index (χ4n) is 1.75. The van der Waals surface area contributed by atoms with Crippen molar-refractivity contribution in [3.63, 3.8) is 0 Å². The lowest BCUT2D eigenvalue weighted by atomic mass is 10.0. The molecule has 0 radical (unpaired) electrons. The van der Waals surface area contributed by atoms with Gasteiger partial charge in [0.2, 0.25) is 0 Å². The van der Waals surface area contributed by atoms with Gasteiger partial charge in [0.15, 0.2) is 5.16 Å². The number of H-pyrrole nitrogens is 1. The number of thioether (sulfide) groups is 1. The third-order valence-corrected chi connectivity index (χ3v) is 3.87. The molecular formula is C13H17N3O3S. The highest BCUT2D eigenvalue weighted by molar-refractivity contribution is 7.99. The molecule has 1 aromatic carbocycles. The lowest BCUT2D eigenvalue weighted by molar-refractivity contribution is 0.0930. The largest absolute Gasteiger partial charge is 0.392 e. The van der Waals surface area contributed by atoms with Crippen molar-refractivity contribution < 1.29 is 15.3 Å². The van der Waals surface area contributed by atoms with Crippen molar-refractivity contribution in [3.8, 4) is 0 Å². The van der Waals surface area contributed by atoms with Gasteiger partial charge in [0.25, 0.3) is 0 Å². The number of aliphatic hydroxyl groups excluding tert-OH is 3. The van der Waals surface area contributed by atoms with Crippen LogP contribution in [0.2, 0.25) is 0 Å². The maximum Gasteiger partial charge on any atom is 0.183 e. The number of hydrogen-bond acceptors (Lipinski definition) is 6. The van der Waals surface area contributed by atoms with E-state index in [-0.39, 0.29) is 13.0 Å². The van der Waals surface area contributed by atoms with Gasteiger partial charge in [0.1, 0.15) is 6.33 Å². The molecule has 0 fully saturated rings. The quantitative estimate of drug-likeness (QED) is 0.565. The first-order chi connectivity index (χ1) is 9.69. The number of aromatic amines is 1. The van der Waals surface area contributed by atoms with E-state index in [9.17, 15) is 10.2 Å². The standard InChI is InChI=1S/C13H17N3O3S/c17-6-9-1-3-10(4-2-9)12(19)5-11(18)7-20-13-14-8-15-16-13/h1-4,8,11-12,17-19H,5-7H2,(H,14,15,16)/t11-,12+/m0/s1. The van der Waals surface area contributed by atoms with E-state index in [0.717, 1.165) is 11.1 Å². The lowest BCUT2D eigenvalue weighted by Gasteiger charge is -2.15. The third-order valence-electron chi connectivity index (χ3n) is 2.85. The number of aliphatic hydroxyl groups is 3. The minimum absolute atomic E-state index is 0.0210. The van der Waals surface area contributed by atoms with Crippen LogP contribution in [0.5, 0.6) is 0 Å². The molecule has 0 saturated carbocycles. The molecule has 7 heteroatoms. The number of hydrogen-bond donors (Lipinski definition) is 4. The van der Waals surface area contributed by atoms with Gasteiger partial charge in [-0.05, 0) is 11.1 Å². The summed E-state index contributed by atoms with van der Waals surface area (Å²) in [6.07, 6.45) is 0.289. The smallest absolute Gasteiger partial charge is 0.183 e. The van der Waals surface area contributed by atoms with Crippen LogP contribution in [0.3, 0.4) is 0 Å². The summed E-state index contributed by atoms with van der Waals surface area (Å²) in [6, 6.07) is 7.03. The van der Waals surface area contributed by atoms with Gasteiger partial charge in [0, 0.05) is 12.2 Å². The Balaban J connectivity index is 1.81.